The standard InChI is InChI=1S/C9H11BrO2/c10-9-2-1-8(12-9)7-3-5-11-6-4-7/h1-2,7H,3-6H2. The molecule has 3 heteroatoms. The van der Waals surface area contributed by atoms with Crippen LogP contribution in [0.2, 0.25) is 0 Å². The topological polar surface area (TPSA) is 22.4 Å². The average Bonchev–Trinajstić information content (AvgIpc) is 2.54. The first-order valence-corrected chi connectivity index (χ1v) is 4.98. The van der Waals surface area contributed by atoms with E-state index in [4.69, 9.17) is 9.15 Å². The molecule has 12 heavy (non-hydrogen) atoms. The molecule has 1 saturated heterocycles. The van der Waals surface area contributed by atoms with Crippen LogP contribution in [-0.4, -0.2) is 13.2 Å². The van der Waals surface area contributed by atoms with Gasteiger partial charge in [0.1, 0.15) is 5.76 Å². The zero-order valence-corrected chi connectivity index (χ0v) is 8.34. The van der Waals surface area contributed by atoms with E-state index in [-0.39, 0.29) is 0 Å². The van der Waals surface area contributed by atoms with Crippen molar-refractivity contribution in [3.63, 3.8) is 0 Å². The van der Waals surface area contributed by atoms with E-state index < -0.39 is 0 Å². The molecule has 0 radical (unpaired) electrons. The maximum Gasteiger partial charge on any atom is 0.169 e. The van der Waals surface area contributed by atoms with Crippen molar-refractivity contribution < 1.29 is 9.15 Å². The Balaban J connectivity index is 2.08. The van der Waals surface area contributed by atoms with Crippen LogP contribution in [0.5, 0.6) is 0 Å². The Morgan fingerprint density at radius 3 is 2.58 bits per heavy atom. The highest BCUT2D eigenvalue weighted by Gasteiger charge is 2.18. The Morgan fingerprint density at radius 1 is 1.25 bits per heavy atom. The highest BCUT2D eigenvalue weighted by atomic mass is 79.9. The molecule has 1 fully saturated rings. The highest BCUT2D eigenvalue weighted by Crippen LogP contribution is 2.29. The monoisotopic (exact) mass is 230 g/mol. The molecular formula is C9H11BrO2. The molecule has 1 aromatic rings. The van der Waals surface area contributed by atoms with E-state index in [2.05, 4.69) is 15.9 Å². The minimum atomic E-state index is 0.560. The normalized spacial score (nSPS) is 19.8. The molecule has 66 valence electrons. The molecule has 0 spiro atoms. The minimum absolute atomic E-state index is 0.560. The Labute approximate surface area is 80.0 Å². The molecule has 2 rings (SSSR count). The summed E-state index contributed by atoms with van der Waals surface area (Å²) in [7, 11) is 0. The number of hydrogen-bond acceptors (Lipinski definition) is 2. The zero-order chi connectivity index (χ0) is 8.39. The number of ether oxygens (including phenoxy) is 1. The predicted octanol–water partition coefficient (Wildman–Crippen LogP) is 2.94. The Kier molecular flexibility index (Phi) is 2.51. The summed E-state index contributed by atoms with van der Waals surface area (Å²) in [4.78, 5) is 0. The van der Waals surface area contributed by atoms with Crippen LogP contribution in [0.25, 0.3) is 0 Å². The third kappa shape index (κ3) is 1.72. The second kappa shape index (κ2) is 3.62. The fraction of sp³-hybridized carbons (Fsp3) is 0.556. The molecule has 1 aliphatic rings. The van der Waals surface area contributed by atoms with Crippen LogP contribution in [0.3, 0.4) is 0 Å². The second-order valence-corrected chi connectivity index (χ2v) is 3.81. The fourth-order valence-electron chi connectivity index (χ4n) is 1.53. The van der Waals surface area contributed by atoms with Crippen molar-refractivity contribution in [3.8, 4) is 0 Å². The minimum Gasteiger partial charge on any atom is -0.454 e. The van der Waals surface area contributed by atoms with Gasteiger partial charge in [-0.05, 0) is 40.9 Å². The van der Waals surface area contributed by atoms with Gasteiger partial charge >= 0.3 is 0 Å². The van der Waals surface area contributed by atoms with Crippen LogP contribution in [0.4, 0.5) is 0 Å². The van der Waals surface area contributed by atoms with Crippen molar-refractivity contribution in [2.75, 3.05) is 13.2 Å². The Hall–Kier alpha value is -0.280. The van der Waals surface area contributed by atoms with Gasteiger partial charge in [0.15, 0.2) is 4.67 Å². The van der Waals surface area contributed by atoms with Crippen LogP contribution in [0, 0.1) is 0 Å². The molecule has 0 saturated carbocycles. The van der Waals surface area contributed by atoms with Crippen molar-refractivity contribution in [3.05, 3.63) is 22.6 Å². The summed E-state index contributed by atoms with van der Waals surface area (Å²) in [5.74, 6) is 1.65. The van der Waals surface area contributed by atoms with Gasteiger partial charge in [0, 0.05) is 19.1 Å². The van der Waals surface area contributed by atoms with Gasteiger partial charge in [0.2, 0.25) is 0 Å². The molecule has 1 aromatic heterocycles. The number of hydrogen-bond donors (Lipinski definition) is 0. The average molecular weight is 231 g/mol. The number of rotatable bonds is 1. The maximum atomic E-state index is 5.48. The highest BCUT2D eigenvalue weighted by molar-refractivity contribution is 9.10. The molecule has 0 aromatic carbocycles. The smallest absolute Gasteiger partial charge is 0.169 e. The molecule has 2 heterocycles. The SMILES string of the molecule is Brc1ccc(C2CCOCC2)o1. The van der Waals surface area contributed by atoms with Crippen molar-refractivity contribution in [2.45, 2.75) is 18.8 Å². The van der Waals surface area contributed by atoms with Crippen molar-refractivity contribution in [2.24, 2.45) is 0 Å². The lowest BCUT2D eigenvalue weighted by molar-refractivity contribution is 0.0804. The summed E-state index contributed by atoms with van der Waals surface area (Å²) in [6, 6.07) is 3.99. The number of halogens is 1. The lowest BCUT2D eigenvalue weighted by Gasteiger charge is -2.19. The molecule has 2 nitrogen and oxygen atoms in total. The van der Waals surface area contributed by atoms with E-state index in [0.717, 1.165) is 36.5 Å². The van der Waals surface area contributed by atoms with Crippen LogP contribution in [0.15, 0.2) is 21.2 Å². The first kappa shape index (κ1) is 8.32. The fourth-order valence-corrected chi connectivity index (χ4v) is 1.85. The van der Waals surface area contributed by atoms with E-state index in [1.807, 2.05) is 12.1 Å². The quantitative estimate of drug-likeness (QED) is 0.741. The Morgan fingerprint density at radius 2 is 2.00 bits per heavy atom. The molecule has 0 unspecified atom stereocenters. The van der Waals surface area contributed by atoms with Gasteiger partial charge in [0.25, 0.3) is 0 Å². The summed E-state index contributed by atoms with van der Waals surface area (Å²) in [6.45, 7) is 1.73. The lowest BCUT2D eigenvalue weighted by atomic mass is 9.98. The van der Waals surface area contributed by atoms with Crippen LogP contribution in [0.1, 0.15) is 24.5 Å². The van der Waals surface area contributed by atoms with Gasteiger partial charge in [-0.15, -0.1) is 0 Å². The number of furan rings is 1. The summed E-state index contributed by atoms with van der Waals surface area (Å²) in [5, 5.41) is 0. The molecule has 0 atom stereocenters. The van der Waals surface area contributed by atoms with Crippen molar-refractivity contribution in [1.82, 2.24) is 0 Å². The maximum absolute atomic E-state index is 5.48. The predicted molar refractivity (Wildman–Crippen MR) is 49.2 cm³/mol. The van der Waals surface area contributed by atoms with Crippen molar-refractivity contribution >= 4 is 15.9 Å². The summed E-state index contributed by atoms with van der Waals surface area (Å²) >= 11 is 3.30. The molecule has 0 N–H and O–H groups in total. The lowest BCUT2D eigenvalue weighted by Crippen LogP contribution is -2.13. The van der Waals surface area contributed by atoms with Gasteiger partial charge < -0.3 is 9.15 Å². The Bertz CT molecular complexity index is 251. The van der Waals surface area contributed by atoms with Gasteiger partial charge in [-0.1, -0.05) is 0 Å². The zero-order valence-electron chi connectivity index (χ0n) is 6.75. The third-order valence-corrected chi connectivity index (χ3v) is 2.64. The van der Waals surface area contributed by atoms with E-state index in [9.17, 15) is 0 Å². The summed E-state index contributed by atoms with van der Waals surface area (Å²) < 4.78 is 11.6. The van der Waals surface area contributed by atoms with Gasteiger partial charge in [-0.2, -0.15) is 0 Å². The summed E-state index contributed by atoms with van der Waals surface area (Å²) in [5.41, 5.74) is 0. The molecular weight excluding hydrogens is 220 g/mol. The van der Waals surface area contributed by atoms with E-state index >= 15 is 0 Å². The summed E-state index contributed by atoms with van der Waals surface area (Å²) in [6.07, 6.45) is 2.17. The van der Waals surface area contributed by atoms with Gasteiger partial charge in [-0.25, -0.2) is 0 Å². The second-order valence-electron chi connectivity index (χ2n) is 3.03. The first-order valence-electron chi connectivity index (χ1n) is 4.19. The van der Waals surface area contributed by atoms with Crippen LogP contribution >= 0.6 is 15.9 Å². The van der Waals surface area contributed by atoms with E-state index in [1.54, 1.807) is 0 Å². The van der Waals surface area contributed by atoms with Crippen LogP contribution < -0.4 is 0 Å². The van der Waals surface area contributed by atoms with Crippen molar-refractivity contribution in [1.29, 1.82) is 0 Å². The molecule has 1 aliphatic heterocycles. The third-order valence-electron chi connectivity index (χ3n) is 2.22. The van der Waals surface area contributed by atoms with E-state index in [1.165, 1.54) is 0 Å². The largest absolute Gasteiger partial charge is 0.454 e. The molecule has 0 amide bonds. The van der Waals surface area contributed by atoms with Crippen LogP contribution in [-0.2, 0) is 4.74 Å². The van der Waals surface area contributed by atoms with Gasteiger partial charge in [-0.3, -0.25) is 0 Å². The molecule has 0 aliphatic carbocycles. The first-order chi connectivity index (χ1) is 5.86. The molecule has 0 bridgehead atoms. The van der Waals surface area contributed by atoms with Gasteiger partial charge in [0.05, 0.1) is 0 Å². The van der Waals surface area contributed by atoms with E-state index in [0.29, 0.717) is 5.92 Å².